The highest BCUT2D eigenvalue weighted by Crippen LogP contribution is 2.31. The fraction of sp³-hybridized carbons (Fsp3) is 0.527. The van der Waals surface area contributed by atoms with Crippen molar-refractivity contribution in [2.24, 2.45) is 23.3 Å². The van der Waals surface area contributed by atoms with Gasteiger partial charge in [0.05, 0.1) is 42.9 Å². The van der Waals surface area contributed by atoms with Crippen LogP contribution in [0.1, 0.15) is 154 Å². The van der Waals surface area contributed by atoms with Gasteiger partial charge in [-0.3, -0.25) is 86.3 Å². The predicted octanol–water partition coefficient (Wildman–Crippen LogP) is 0.524. The first-order chi connectivity index (χ1) is 63.2. The molecule has 42 heteroatoms. The number of nitrogens with two attached hydrogens (primary N) is 2. The standard InChI is InChI=1S/C91H123N19O21S2/c1-10-12-22-69-85(125)101-63(33-49(3)4)83(123)105-68(82(122)96-43-76(93)115)46-132-47-77(116)99-65(34-52-26-28-57(111)29-27-52)87(127)106(7)51(6)80(120)104-67(40-75(92)114)90(130)109-32-18-24-70(109)86(126)102-64(38-56-42-94-48-97-56)84(124)100-62(30-31-78(117)118)89(129)110-44-58(112)39-72(110)73(113)37-53(35-54-41-95-61-21-16-14-19-59(54)61)81(121)98-50(5)79(119)103-66(36-55-45-133-74-25-17-15-20-60(55)74)88(128)108(9)71(23-13-11-2)91(131)107(69)8/h14-17,19-21,25-29,41-42,45,48-51,53,58,62-72,95,111-112H,10-13,18,22-24,30-40,43-44,46-47H2,1-9H3,(H2,92,114)(H2,93,115)(H,94,97)(H,96,122)(H,98,121)(H,99,116)(H,100,124)(H,101,125)(H,102,126)(H,103,119)(H,104,120)(H,105,123)(H,117,118)/t50-,51+,53-,58-,62+,63+,64+,65+,66+,67+,68+,69+,70+,71+,72+/m1/s1. The van der Waals surface area contributed by atoms with Crippen LogP contribution in [0.4, 0.5) is 0 Å². The van der Waals surface area contributed by atoms with Gasteiger partial charge in [-0.25, -0.2) is 4.98 Å². The number of likely N-dealkylation sites (N-methyl/N-ethyl adjacent to an activating group) is 3. The number of fused-ring (bicyclic) bond motifs is 4. The molecule has 3 aliphatic heterocycles. The van der Waals surface area contributed by atoms with Crippen LogP contribution in [0.25, 0.3) is 21.0 Å². The number of aromatic nitrogens is 3. The number of para-hydroxylation sites is 1. The lowest BCUT2D eigenvalue weighted by Crippen LogP contribution is -2.60. The number of carboxylic acids is 1. The molecule has 3 aliphatic rings. The number of thiophene rings is 1. The number of thioether (sulfide) groups is 1. The molecule has 0 bridgehead atoms. The molecule has 3 aromatic carbocycles. The van der Waals surface area contributed by atoms with Crippen molar-refractivity contribution in [2.75, 3.05) is 52.3 Å². The van der Waals surface area contributed by atoms with Crippen molar-refractivity contribution in [1.29, 1.82) is 0 Å². The minimum absolute atomic E-state index is 0.0414. The summed E-state index contributed by atoms with van der Waals surface area (Å²) in [4.78, 5) is 278. The summed E-state index contributed by atoms with van der Waals surface area (Å²) in [6.07, 6.45) is 0.640. The number of benzene rings is 3. The number of rotatable bonds is 24. The number of aliphatic hydroxyl groups is 1. The number of aromatic hydroxyl groups is 1. The van der Waals surface area contributed by atoms with Crippen molar-refractivity contribution < 1.29 is 102 Å². The number of Topliss-reactive ketones (excluding diaryl/α,β-unsaturated/α-hetero) is 1. The number of imidazole rings is 1. The number of phenolic OH excluding ortho intramolecular Hbond substituents is 1. The number of nitrogens with zero attached hydrogens (tertiary/aromatic N) is 6. The molecule has 133 heavy (non-hydrogen) atoms. The Hall–Kier alpha value is -12.9. The molecule has 6 aromatic rings. The summed E-state index contributed by atoms with van der Waals surface area (Å²) in [5.74, 6) is -19.6. The number of hydrogen-bond acceptors (Lipinski definition) is 23. The quantitative estimate of drug-likeness (QED) is 0.0393. The number of aliphatic carboxylic acids is 1. The Labute approximate surface area is 777 Å². The Kier molecular flexibility index (Phi) is 38.3. The Morgan fingerprint density at radius 2 is 1.22 bits per heavy atom. The van der Waals surface area contributed by atoms with Crippen molar-refractivity contribution in [3.63, 3.8) is 0 Å². The van der Waals surface area contributed by atoms with Gasteiger partial charge in [-0.15, -0.1) is 23.1 Å². The van der Waals surface area contributed by atoms with Crippen LogP contribution in [-0.2, 0) is 112 Å². The zero-order chi connectivity index (χ0) is 97.2. The Balaban J connectivity index is 1.09. The van der Waals surface area contributed by atoms with Crippen LogP contribution in [0.15, 0.2) is 96.9 Å². The van der Waals surface area contributed by atoms with Gasteiger partial charge >= 0.3 is 5.97 Å². The first-order valence-corrected chi connectivity index (χ1v) is 46.7. The third kappa shape index (κ3) is 28.8. The lowest BCUT2D eigenvalue weighted by molar-refractivity contribution is -0.149. The highest BCUT2D eigenvalue weighted by atomic mass is 32.2. The average Bonchev–Trinajstić information content (AvgIpc) is 1.73. The Bertz CT molecular complexity index is 5180. The molecule has 9 rings (SSSR count). The molecular formula is C91H123N19O21S2. The molecule has 15 atom stereocenters. The predicted molar refractivity (Wildman–Crippen MR) is 491 cm³/mol. The molecule has 0 spiro atoms. The van der Waals surface area contributed by atoms with E-state index in [4.69, 9.17) is 11.5 Å². The molecule has 720 valence electrons. The second-order valence-electron chi connectivity index (χ2n) is 34.6. The normalized spacial score (nSPS) is 25.0. The van der Waals surface area contributed by atoms with Gasteiger partial charge in [-0.1, -0.05) is 102 Å². The van der Waals surface area contributed by atoms with E-state index in [2.05, 4.69) is 62.8 Å². The maximum atomic E-state index is 15.7. The number of aliphatic hydroxyl groups excluding tert-OH is 1. The SMILES string of the molecule is CCCC[C@H]1C(=O)N(C)[C@@H](CCCC)C(=O)N[C@@H](CC(C)C)C(=O)N[C@H](C(=O)NCC(N)=O)CSCC(=O)N[C@@H](Cc2ccc(O)cc2)C(=O)N(C)[C@@H](C)C(=O)N[C@@H](CC(N)=O)C(=O)N2CCC[C@H]2C(=O)N[C@@H](Cc2c[nH]cn2)C(=O)N[C@@H](CCC(=O)O)C(=O)N2C[C@H](O)C[C@H]2C(=O)C[C@@H](Cc2c[nH]c3ccccc23)C(=O)N[C@H](C)C(=O)N[C@@H](Cc2csc3ccccc23)C(=O)N1C. The molecule has 3 aromatic heterocycles. The minimum atomic E-state index is -1.80. The Morgan fingerprint density at radius 1 is 0.594 bits per heavy atom. The van der Waals surface area contributed by atoms with E-state index >= 15 is 38.4 Å². The van der Waals surface area contributed by atoms with Crippen LogP contribution in [0.2, 0.25) is 0 Å². The minimum Gasteiger partial charge on any atom is -0.508 e. The summed E-state index contributed by atoms with van der Waals surface area (Å²) in [6.45, 7) is 8.53. The maximum absolute atomic E-state index is 15.7. The average molecular weight is 1880 g/mol. The number of primary amides is 2. The number of carbonyl (C=O) groups is 18. The second-order valence-corrected chi connectivity index (χ2v) is 36.5. The topological polar surface area (TPSA) is 589 Å². The molecule has 0 radical (unpaired) electrons. The van der Waals surface area contributed by atoms with Crippen molar-refractivity contribution in [1.82, 2.24) is 87.3 Å². The number of carboxylic acid groups (broad SMARTS) is 1. The molecule has 3 fully saturated rings. The summed E-state index contributed by atoms with van der Waals surface area (Å²) in [7, 11) is 4.01. The first kappa shape index (κ1) is 104. The molecule has 0 unspecified atom stereocenters. The van der Waals surface area contributed by atoms with Gasteiger partial charge in [0, 0.05) is 112 Å². The summed E-state index contributed by atoms with van der Waals surface area (Å²) >= 11 is 2.18. The second kappa shape index (κ2) is 49.0. The summed E-state index contributed by atoms with van der Waals surface area (Å²) in [6, 6.07) is 0.266. The van der Waals surface area contributed by atoms with Gasteiger partial charge in [0.25, 0.3) is 0 Å². The van der Waals surface area contributed by atoms with Gasteiger partial charge in [-0.2, -0.15) is 0 Å². The van der Waals surface area contributed by atoms with Gasteiger partial charge in [-0.05, 0) is 116 Å². The van der Waals surface area contributed by atoms with E-state index in [9.17, 15) is 63.3 Å². The van der Waals surface area contributed by atoms with Crippen molar-refractivity contribution in [2.45, 2.75) is 242 Å². The number of H-pyrrole nitrogens is 2. The number of hydrogen-bond donors (Lipinski definition) is 16. The van der Waals surface area contributed by atoms with E-state index in [1.165, 1.54) is 92.9 Å². The fourth-order valence-electron chi connectivity index (χ4n) is 16.6. The van der Waals surface area contributed by atoms with Crippen LogP contribution in [-0.4, -0.2) is 298 Å². The number of aromatic amines is 2. The number of carbonyl (C=O) groups excluding carboxylic acids is 17. The van der Waals surface area contributed by atoms with E-state index in [1.807, 2.05) is 37.4 Å². The highest BCUT2D eigenvalue weighted by Gasteiger charge is 2.47. The van der Waals surface area contributed by atoms with Crippen LogP contribution in [0.5, 0.6) is 5.75 Å². The number of phenols is 1. The summed E-state index contributed by atoms with van der Waals surface area (Å²) in [5, 5.41) is 58.9. The fourth-order valence-corrected chi connectivity index (χ4v) is 18.5. The van der Waals surface area contributed by atoms with Crippen LogP contribution < -0.4 is 59.3 Å². The molecule has 6 heterocycles. The van der Waals surface area contributed by atoms with E-state index in [0.717, 1.165) is 36.5 Å². The summed E-state index contributed by atoms with van der Waals surface area (Å²) < 4.78 is 0.849. The van der Waals surface area contributed by atoms with Crippen LogP contribution >= 0.6 is 23.1 Å². The number of unbranched alkanes of at least 4 members (excludes halogenated alkanes) is 2. The van der Waals surface area contributed by atoms with E-state index in [1.54, 1.807) is 50.4 Å². The van der Waals surface area contributed by atoms with Crippen molar-refractivity contribution >= 4 is 150 Å². The van der Waals surface area contributed by atoms with Gasteiger partial charge in [0.2, 0.25) is 94.5 Å². The lowest BCUT2D eigenvalue weighted by atomic mass is 9.90. The molecule has 0 saturated carbocycles. The van der Waals surface area contributed by atoms with Crippen molar-refractivity contribution in [3.05, 3.63) is 119 Å². The van der Waals surface area contributed by atoms with Gasteiger partial charge in [0.15, 0.2) is 5.78 Å². The van der Waals surface area contributed by atoms with Gasteiger partial charge in [0.1, 0.15) is 78.3 Å². The number of amides is 16. The molecule has 18 N–H and O–H groups in total. The third-order valence-electron chi connectivity index (χ3n) is 24.1. The summed E-state index contributed by atoms with van der Waals surface area (Å²) in [5.41, 5.74) is 13.6. The van der Waals surface area contributed by atoms with Gasteiger partial charge < -0.3 is 109 Å². The van der Waals surface area contributed by atoms with E-state index in [-0.39, 0.29) is 75.3 Å². The van der Waals surface area contributed by atoms with Crippen LogP contribution in [0, 0.1) is 11.8 Å². The molecule has 3 saturated heterocycles. The van der Waals surface area contributed by atoms with E-state index < -0.39 is 260 Å². The maximum Gasteiger partial charge on any atom is 0.303 e. The Morgan fingerprint density at radius 3 is 1.89 bits per heavy atom. The molecular weight excluding hydrogens is 1760 g/mol. The van der Waals surface area contributed by atoms with Crippen molar-refractivity contribution in [3.8, 4) is 5.75 Å². The first-order valence-electron chi connectivity index (χ1n) is 44.7. The molecule has 40 nitrogen and oxygen atoms in total. The smallest absolute Gasteiger partial charge is 0.303 e. The molecule has 16 amide bonds. The number of nitrogens with one attached hydrogen (secondary N) is 11. The largest absolute Gasteiger partial charge is 0.508 e. The number of ketones is 1. The lowest BCUT2D eigenvalue weighted by Gasteiger charge is -2.36. The van der Waals surface area contributed by atoms with E-state index in [0.29, 0.717) is 53.3 Å². The van der Waals surface area contributed by atoms with Crippen LogP contribution in [0.3, 0.4) is 0 Å². The zero-order valence-corrected chi connectivity index (χ0v) is 77.7. The monoisotopic (exact) mass is 1880 g/mol. The zero-order valence-electron chi connectivity index (χ0n) is 76.1. The molecule has 0 aliphatic carbocycles. The highest BCUT2D eigenvalue weighted by molar-refractivity contribution is 8.00. The third-order valence-corrected chi connectivity index (χ3v) is 26.1.